The van der Waals surface area contributed by atoms with Crippen LogP contribution in [-0.4, -0.2) is 39.0 Å². The number of hydrogen-bond donors (Lipinski definition) is 0. The lowest BCUT2D eigenvalue weighted by molar-refractivity contribution is -0.137. The van der Waals surface area contributed by atoms with Gasteiger partial charge in [0.1, 0.15) is 0 Å². The Bertz CT molecular complexity index is 1430. The van der Waals surface area contributed by atoms with Crippen molar-refractivity contribution < 1.29 is 13.2 Å². The number of fused-ring (bicyclic) bond motifs is 2. The monoisotopic (exact) mass is 558 g/mol. The molecule has 0 unspecified atom stereocenters. The number of aryl methyl sites for hydroxylation is 1. The van der Waals surface area contributed by atoms with Crippen molar-refractivity contribution in [1.29, 1.82) is 0 Å². The first-order valence-electron chi connectivity index (χ1n) is 13.8. The minimum atomic E-state index is -4.39. The summed E-state index contributed by atoms with van der Waals surface area (Å²) < 4.78 is 42.9. The molecule has 2 aliphatic rings. The van der Waals surface area contributed by atoms with Gasteiger partial charge in [-0.25, -0.2) is 0 Å². The molecule has 0 amide bonds. The van der Waals surface area contributed by atoms with Crippen LogP contribution < -0.4 is 4.87 Å². The zero-order valence-corrected chi connectivity index (χ0v) is 24.0. The average Bonchev–Trinajstić information content (AvgIpc) is 3.17. The van der Waals surface area contributed by atoms with Crippen molar-refractivity contribution in [3.63, 3.8) is 0 Å². The molecule has 4 heterocycles. The van der Waals surface area contributed by atoms with Gasteiger partial charge >= 0.3 is 11.0 Å². The highest BCUT2D eigenvalue weighted by Gasteiger charge is 2.41. The fourth-order valence-corrected chi connectivity index (χ4v) is 7.57. The molecule has 0 bridgehead atoms. The van der Waals surface area contributed by atoms with E-state index in [1.807, 2.05) is 13.1 Å². The molecule has 2 aromatic heterocycles. The molecule has 39 heavy (non-hydrogen) atoms. The van der Waals surface area contributed by atoms with E-state index in [0.29, 0.717) is 24.4 Å². The van der Waals surface area contributed by atoms with Gasteiger partial charge in [-0.3, -0.25) is 14.7 Å². The second kappa shape index (κ2) is 10.7. The Morgan fingerprint density at radius 2 is 1.92 bits per heavy atom. The predicted molar refractivity (Wildman–Crippen MR) is 151 cm³/mol. The highest BCUT2D eigenvalue weighted by Crippen LogP contribution is 2.47. The second-order valence-corrected chi connectivity index (χ2v) is 12.5. The van der Waals surface area contributed by atoms with Gasteiger partial charge in [-0.1, -0.05) is 37.3 Å². The number of hydrogen-bond acceptors (Lipinski definition) is 5. The van der Waals surface area contributed by atoms with Gasteiger partial charge in [0.05, 0.1) is 15.8 Å². The first-order valence-corrected chi connectivity index (χ1v) is 14.6. The van der Waals surface area contributed by atoms with Crippen LogP contribution in [-0.2, 0) is 32.7 Å². The van der Waals surface area contributed by atoms with Gasteiger partial charge in [0.2, 0.25) is 0 Å². The molecule has 0 saturated carbocycles. The zero-order valence-electron chi connectivity index (χ0n) is 23.1. The summed E-state index contributed by atoms with van der Waals surface area (Å²) >= 11 is 1.29. The fourth-order valence-electron chi connectivity index (χ4n) is 6.63. The van der Waals surface area contributed by atoms with Crippen LogP contribution in [0.1, 0.15) is 62.4 Å². The van der Waals surface area contributed by atoms with Crippen molar-refractivity contribution >= 4 is 21.6 Å². The third-order valence-electron chi connectivity index (χ3n) is 8.40. The van der Waals surface area contributed by atoms with Crippen molar-refractivity contribution in [2.75, 3.05) is 19.6 Å². The largest absolute Gasteiger partial charge is 0.417 e. The van der Waals surface area contributed by atoms with Crippen LogP contribution in [0, 0.1) is 11.3 Å². The number of thiazole rings is 1. The van der Waals surface area contributed by atoms with E-state index in [-0.39, 0.29) is 10.3 Å². The molecular formula is C30H37F3N4OS. The molecule has 5 nitrogen and oxygen atoms in total. The zero-order chi connectivity index (χ0) is 27.9. The Hall–Kier alpha value is -2.65. The standard InChI is InChI=1S/C30H37F3N4OS/c1-5-27(37-11-8-24-22(19-37)15-23(17-34-24)30(31,32)33)29(16-20(2)3)9-12-36(13-10-29)18-21-6-7-25-26(14-21)39-28(38)35(25)4/h5-7,14-15,17,20H,8-13,16,18-19H2,1-4H3/b27-5-. The molecule has 210 valence electrons. The van der Waals surface area contributed by atoms with Gasteiger partial charge < -0.3 is 9.47 Å². The highest BCUT2D eigenvalue weighted by atomic mass is 32.1. The van der Waals surface area contributed by atoms with E-state index in [9.17, 15) is 18.0 Å². The van der Waals surface area contributed by atoms with E-state index in [0.717, 1.165) is 67.5 Å². The van der Waals surface area contributed by atoms with Crippen molar-refractivity contribution in [2.24, 2.45) is 18.4 Å². The summed E-state index contributed by atoms with van der Waals surface area (Å²) in [4.78, 5) is 21.1. The minimum absolute atomic E-state index is 0.00506. The molecule has 1 aromatic carbocycles. The molecule has 0 aliphatic carbocycles. The number of benzene rings is 1. The summed E-state index contributed by atoms with van der Waals surface area (Å²) in [5.74, 6) is 0.505. The first kappa shape index (κ1) is 27.9. The molecule has 3 aromatic rings. The number of pyridine rings is 1. The predicted octanol–water partition coefficient (Wildman–Crippen LogP) is 6.60. The van der Waals surface area contributed by atoms with Gasteiger partial charge in [-0.05, 0) is 74.5 Å². The number of aromatic nitrogens is 2. The van der Waals surface area contributed by atoms with Crippen molar-refractivity contribution in [2.45, 2.75) is 65.7 Å². The van der Waals surface area contributed by atoms with E-state index >= 15 is 0 Å². The Morgan fingerprint density at radius 1 is 1.18 bits per heavy atom. The van der Waals surface area contributed by atoms with Crippen LogP contribution in [0.3, 0.4) is 0 Å². The van der Waals surface area contributed by atoms with E-state index in [1.165, 1.54) is 28.7 Å². The molecule has 9 heteroatoms. The average molecular weight is 559 g/mol. The Kier molecular flexibility index (Phi) is 7.68. The maximum Gasteiger partial charge on any atom is 0.417 e. The summed E-state index contributed by atoms with van der Waals surface area (Å²) in [5.41, 5.74) is 4.25. The first-order chi connectivity index (χ1) is 18.5. The van der Waals surface area contributed by atoms with Crippen LogP contribution in [0.5, 0.6) is 0 Å². The van der Waals surface area contributed by atoms with Crippen LogP contribution >= 0.6 is 11.3 Å². The van der Waals surface area contributed by atoms with Gasteiger partial charge in [0, 0.05) is 56.1 Å². The van der Waals surface area contributed by atoms with Crippen LogP contribution in [0.4, 0.5) is 13.2 Å². The smallest absolute Gasteiger partial charge is 0.370 e. The number of halogens is 3. The SMILES string of the molecule is C/C=C(\N1CCc2ncc(C(F)(F)F)cc2C1)C1(CC(C)C)CCN(Cc2ccc3c(c2)sc(=O)n3C)CC1. The third-order valence-corrected chi connectivity index (χ3v) is 9.39. The summed E-state index contributed by atoms with van der Waals surface area (Å²) in [5, 5.41) is 0. The Morgan fingerprint density at radius 3 is 2.59 bits per heavy atom. The third kappa shape index (κ3) is 5.66. The summed E-state index contributed by atoms with van der Waals surface area (Å²) in [7, 11) is 1.81. The number of rotatable bonds is 6. The second-order valence-electron chi connectivity index (χ2n) is 11.6. The van der Waals surface area contributed by atoms with Crippen LogP contribution in [0.2, 0.25) is 0 Å². The van der Waals surface area contributed by atoms with E-state index in [1.54, 1.807) is 4.57 Å². The van der Waals surface area contributed by atoms with Gasteiger partial charge in [-0.2, -0.15) is 13.2 Å². The maximum atomic E-state index is 13.4. The maximum absolute atomic E-state index is 13.4. The van der Waals surface area contributed by atoms with E-state index in [2.05, 4.69) is 53.8 Å². The number of alkyl halides is 3. The van der Waals surface area contributed by atoms with E-state index < -0.39 is 11.7 Å². The Labute approximate surface area is 232 Å². The van der Waals surface area contributed by atoms with Crippen molar-refractivity contribution in [3.05, 3.63) is 74.3 Å². The lowest BCUT2D eigenvalue weighted by atomic mass is 9.69. The number of nitrogens with zero attached hydrogens (tertiary/aromatic N) is 4. The summed E-state index contributed by atoms with van der Waals surface area (Å²) in [6.07, 6.45) is 2.51. The molecule has 5 rings (SSSR count). The minimum Gasteiger partial charge on any atom is -0.370 e. The number of allylic oxidation sites excluding steroid dienone is 2. The van der Waals surface area contributed by atoms with Gasteiger partial charge in [0.25, 0.3) is 0 Å². The molecule has 0 spiro atoms. The van der Waals surface area contributed by atoms with Crippen LogP contribution in [0.25, 0.3) is 10.2 Å². The molecule has 2 aliphatic heterocycles. The topological polar surface area (TPSA) is 41.4 Å². The quantitative estimate of drug-likeness (QED) is 0.342. The normalized spacial score (nSPS) is 18.7. The summed E-state index contributed by atoms with van der Waals surface area (Å²) in [6.45, 7) is 10.6. The lowest BCUT2D eigenvalue weighted by Gasteiger charge is -2.49. The van der Waals surface area contributed by atoms with E-state index in [4.69, 9.17) is 0 Å². The summed E-state index contributed by atoms with van der Waals surface area (Å²) in [6, 6.07) is 7.60. The van der Waals surface area contributed by atoms with Crippen molar-refractivity contribution in [3.8, 4) is 0 Å². The van der Waals surface area contributed by atoms with Gasteiger partial charge in [-0.15, -0.1) is 0 Å². The molecule has 0 radical (unpaired) electrons. The molecule has 1 fully saturated rings. The lowest BCUT2D eigenvalue weighted by Crippen LogP contribution is -2.46. The number of piperidine rings is 1. The molecule has 0 N–H and O–H groups in total. The van der Waals surface area contributed by atoms with Crippen molar-refractivity contribution in [1.82, 2.24) is 19.4 Å². The fraction of sp³-hybridized carbons (Fsp3) is 0.533. The highest BCUT2D eigenvalue weighted by molar-refractivity contribution is 7.16. The molecular weight excluding hydrogens is 521 g/mol. The molecule has 0 atom stereocenters. The van der Waals surface area contributed by atoms with Gasteiger partial charge in [0.15, 0.2) is 0 Å². The Balaban J connectivity index is 1.33. The number of likely N-dealkylation sites (tertiary alicyclic amines) is 1. The van der Waals surface area contributed by atoms with Crippen LogP contribution in [0.15, 0.2) is 47.0 Å². The molecule has 1 saturated heterocycles.